The normalized spacial score (nSPS) is 10.0. The quantitative estimate of drug-likeness (QED) is 0.795. The number of nitrogens with one attached hydrogen (secondary N) is 1. The Kier molecular flexibility index (Phi) is 6.83. The molecule has 0 unspecified atom stereocenters. The highest BCUT2D eigenvalue weighted by molar-refractivity contribution is 5.85. The van der Waals surface area contributed by atoms with Crippen molar-refractivity contribution in [3.05, 3.63) is 60.2 Å². The molecule has 6 heteroatoms. The van der Waals surface area contributed by atoms with E-state index in [2.05, 4.69) is 5.32 Å². The zero-order valence-corrected chi connectivity index (χ0v) is 14.4. The van der Waals surface area contributed by atoms with Crippen LogP contribution in [0, 0.1) is 0 Å². The number of benzene rings is 2. The van der Waals surface area contributed by atoms with Crippen molar-refractivity contribution in [1.29, 1.82) is 0 Å². The summed E-state index contributed by atoms with van der Waals surface area (Å²) in [7, 11) is 3.26. The van der Waals surface area contributed by atoms with Crippen LogP contribution in [0.4, 0.5) is 0 Å². The molecule has 0 atom stereocenters. The summed E-state index contributed by atoms with van der Waals surface area (Å²) >= 11 is 0. The minimum Gasteiger partial charge on any atom is -0.489 e. The molecule has 0 aliphatic rings. The molecule has 0 fully saturated rings. The lowest BCUT2D eigenvalue weighted by Gasteiger charge is -2.11. The number of rotatable bonds is 8. The monoisotopic (exact) mass is 342 g/mol. The third kappa shape index (κ3) is 6.55. The van der Waals surface area contributed by atoms with Crippen LogP contribution in [0.25, 0.3) is 0 Å². The van der Waals surface area contributed by atoms with Crippen LogP contribution in [0.3, 0.4) is 0 Å². The van der Waals surface area contributed by atoms with Crippen LogP contribution in [0.1, 0.15) is 5.56 Å². The predicted octanol–water partition coefficient (Wildman–Crippen LogP) is 1.85. The average molecular weight is 342 g/mol. The summed E-state index contributed by atoms with van der Waals surface area (Å²) in [5.74, 6) is 0.756. The SMILES string of the molecule is CN(C)C(=O)CNC(=O)COc1ccc(OCc2ccccc2)cc1. The van der Waals surface area contributed by atoms with Crippen LogP contribution in [0.15, 0.2) is 54.6 Å². The Morgan fingerprint density at radius 2 is 1.52 bits per heavy atom. The first-order chi connectivity index (χ1) is 12.0. The Bertz CT molecular complexity index is 684. The average Bonchev–Trinajstić information content (AvgIpc) is 2.64. The van der Waals surface area contributed by atoms with E-state index in [9.17, 15) is 9.59 Å². The summed E-state index contributed by atoms with van der Waals surface area (Å²) in [6.07, 6.45) is 0. The summed E-state index contributed by atoms with van der Waals surface area (Å²) in [6.45, 7) is 0.301. The lowest BCUT2D eigenvalue weighted by Crippen LogP contribution is -2.38. The van der Waals surface area contributed by atoms with Crippen LogP contribution in [-0.2, 0) is 16.2 Å². The molecule has 2 aromatic carbocycles. The van der Waals surface area contributed by atoms with Gasteiger partial charge in [-0.25, -0.2) is 0 Å². The molecule has 0 aromatic heterocycles. The number of hydrogen-bond acceptors (Lipinski definition) is 4. The third-order valence-corrected chi connectivity index (χ3v) is 3.38. The number of likely N-dealkylation sites (N-methyl/N-ethyl adjacent to an activating group) is 1. The zero-order chi connectivity index (χ0) is 18.1. The minimum absolute atomic E-state index is 0.0402. The Hall–Kier alpha value is -3.02. The molecule has 1 N–H and O–H groups in total. The van der Waals surface area contributed by atoms with Crippen LogP contribution >= 0.6 is 0 Å². The molecule has 6 nitrogen and oxygen atoms in total. The molecule has 0 spiro atoms. The highest BCUT2D eigenvalue weighted by Crippen LogP contribution is 2.18. The topological polar surface area (TPSA) is 67.9 Å². The summed E-state index contributed by atoms with van der Waals surface area (Å²) in [6, 6.07) is 16.9. The molecular weight excluding hydrogens is 320 g/mol. The number of ether oxygens (including phenoxy) is 2. The van der Waals surface area contributed by atoms with Gasteiger partial charge in [0.05, 0.1) is 6.54 Å². The van der Waals surface area contributed by atoms with Gasteiger partial charge in [0.15, 0.2) is 6.61 Å². The summed E-state index contributed by atoms with van der Waals surface area (Å²) in [4.78, 5) is 24.4. The van der Waals surface area contributed by atoms with Gasteiger partial charge in [-0.2, -0.15) is 0 Å². The largest absolute Gasteiger partial charge is 0.489 e. The molecular formula is C19H22N2O4. The minimum atomic E-state index is -0.348. The van der Waals surface area contributed by atoms with Crippen LogP contribution in [0.5, 0.6) is 11.5 Å². The van der Waals surface area contributed by atoms with Gasteiger partial charge in [0.1, 0.15) is 18.1 Å². The van der Waals surface area contributed by atoms with Crippen molar-refractivity contribution in [1.82, 2.24) is 10.2 Å². The second kappa shape index (κ2) is 9.32. The summed E-state index contributed by atoms with van der Waals surface area (Å²) in [5.41, 5.74) is 1.09. The van der Waals surface area contributed by atoms with Crippen LogP contribution < -0.4 is 14.8 Å². The van der Waals surface area contributed by atoms with Gasteiger partial charge in [-0.05, 0) is 29.8 Å². The Morgan fingerprint density at radius 3 is 2.12 bits per heavy atom. The molecule has 0 aliphatic heterocycles. The standard InChI is InChI=1S/C19H22N2O4/c1-21(2)19(23)12-20-18(22)14-25-17-10-8-16(9-11-17)24-13-15-6-4-3-5-7-15/h3-11H,12-14H2,1-2H3,(H,20,22). The number of amides is 2. The van der Waals surface area contributed by atoms with Gasteiger partial charge in [-0.1, -0.05) is 30.3 Å². The van der Waals surface area contributed by atoms with E-state index in [4.69, 9.17) is 9.47 Å². The van der Waals surface area contributed by atoms with Crippen molar-refractivity contribution in [3.8, 4) is 11.5 Å². The molecule has 0 saturated carbocycles. The van der Waals surface area contributed by atoms with E-state index >= 15 is 0 Å². The Morgan fingerprint density at radius 1 is 0.920 bits per heavy atom. The molecule has 2 amide bonds. The maximum atomic E-state index is 11.6. The Balaban J connectivity index is 1.73. The van der Waals surface area contributed by atoms with Crippen LogP contribution in [0.2, 0.25) is 0 Å². The molecule has 0 saturated heterocycles. The molecule has 0 aliphatic carbocycles. The zero-order valence-electron chi connectivity index (χ0n) is 14.4. The maximum absolute atomic E-state index is 11.6. The van der Waals surface area contributed by atoms with E-state index in [1.165, 1.54) is 4.90 Å². The molecule has 0 bridgehead atoms. The van der Waals surface area contributed by atoms with Gasteiger partial charge in [0.25, 0.3) is 5.91 Å². The highest BCUT2D eigenvalue weighted by atomic mass is 16.5. The Labute approximate surface area is 147 Å². The first-order valence-electron chi connectivity index (χ1n) is 7.91. The van der Waals surface area contributed by atoms with Gasteiger partial charge in [0.2, 0.25) is 5.91 Å². The molecule has 25 heavy (non-hydrogen) atoms. The molecule has 2 rings (SSSR count). The fraction of sp³-hybridized carbons (Fsp3) is 0.263. The van der Waals surface area contributed by atoms with E-state index < -0.39 is 0 Å². The first-order valence-corrected chi connectivity index (χ1v) is 7.91. The fourth-order valence-electron chi connectivity index (χ4n) is 1.91. The second-order valence-corrected chi connectivity index (χ2v) is 5.60. The van der Waals surface area contributed by atoms with E-state index in [-0.39, 0.29) is 25.0 Å². The van der Waals surface area contributed by atoms with Gasteiger partial charge in [-0.3, -0.25) is 9.59 Å². The van der Waals surface area contributed by atoms with E-state index in [1.807, 2.05) is 30.3 Å². The molecule has 0 radical (unpaired) electrons. The fourth-order valence-corrected chi connectivity index (χ4v) is 1.91. The molecule has 132 valence electrons. The van der Waals surface area contributed by atoms with Crippen molar-refractivity contribution >= 4 is 11.8 Å². The highest BCUT2D eigenvalue weighted by Gasteiger charge is 2.07. The van der Waals surface area contributed by atoms with Crippen molar-refractivity contribution in [2.75, 3.05) is 27.2 Å². The first kappa shape index (κ1) is 18.3. The lowest BCUT2D eigenvalue weighted by molar-refractivity contribution is -0.131. The number of carbonyl (C=O) groups is 2. The summed E-state index contributed by atoms with van der Waals surface area (Å²) < 4.78 is 11.1. The van der Waals surface area contributed by atoms with Gasteiger partial charge in [0, 0.05) is 14.1 Å². The lowest BCUT2D eigenvalue weighted by atomic mass is 10.2. The van der Waals surface area contributed by atoms with Gasteiger partial charge in [-0.15, -0.1) is 0 Å². The smallest absolute Gasteiger partial charge is 0.258 e. The second-order valence-electron chi connectivity index (χ2n) is 5.60. The maximum Gasteiger partial charge on any atom is 0.258 e. The van der Waals surface area contributed by atoms with Crippen molar-refractivity contribution in [3.63, 3.8) is 0 Å². The summed E-state index contributed by atoms with van der Waals surface area (Å²) in [5, 5.41) is 2.50. The van der Waals surface area contributed by atoms with Crippen molar-refractivity contribution in [2.24, 2.45) is 0 Å². The van der Waals surface area contributed by atoms with Gasteiger partial charge < -0.3 is 19.7 Å². The number of carbonyl (C=O) groups excluding carboxylic acids is 2. The van der Waals surface area contributed by atoms with Crippen molar-refractivity contribution in [2.45, 2.75) is 6.61 Å². The van der Waals surface area contributed by atoms with Crippen LogP contribution in [-0.4, -0.2) is 44.0 Å². The number of hydrogen-bond donors (Lipinski definition) is 1. The van der Waals surface area contributed by atoms with Gasteiger partial charge >= 0.3 is 0 Å². The van der Waals surface area contributed by atoms with E-state index in [0.717, 1.165) is 11.3 Å². The predicted molar refractivity (Wildman–Crippen MR) is 94.4 cm³/mol. The van der Waals surface area contributed by atoms with E-state index in [1.54, 1.807) is 38.4 Å². The third-order valence-electron chi connectivity index (χ3n) is 3.38. The van der Waals surface area contributed by atoms with Crippen molar-refractivity contribution < 1.29 is 19.1 Å². The van der Waals surface area contributed by atoms with E-state index in [0.29, 0.717) is 12.4 Å². The molecule has 0 heterocycles. The number of nitrogens with zero attached hydrogens (tertiary/aromatic N) is 1. The molecule has 2 aromatic rings.